The van der Waals surface area contributed by atoms with Gasteiger partial charge in [-0.15, -0.1) is 0 Å². The molecule has 0 aliphatic carbocycles. The van der Waals surface area contributed by atoms with Crippen LogP contribution in [0.15, 0.2) is 54.9 Å². The summed E-state index contributed by atoms with van der Waals surface area (Å²) in [4.78, 5) is 19.9. The number of benzene rings is 1. The lowest BCUT2D eigenvalue weighted by Gasteiger charge is -2.26. The zero-order valence-corrected chi connectivity index (χ0v) is 17.3. The quantitative estimate of drug-likeness (QED) is 0.390. The van der Waals surface area contributed by atoms with E-state index in [9.17, 15) is 39.9 Å². The third-order valence-corrected chi connectivity index (χ3v) is 4.74. The van der Waals surface area contributed by atoms with Gasteiger partial charge in [-0.05, 0) is 36.2 Å². The first-order valence-electron chi connectivity index (χ1n) is 9.55. The highest BCUT2D eigenvalue weighted by atomic mass is 19.4. The molecule has 0 aliphatic rings. The maximum Gasteiger partial charge on any atom is 0.433 e. The average Bonchev–Trinajstić information content (AvgIpc) is 2.76. The molecule has 0 radical (unpaired) electrons. The van der Waals surface area contributed by atoms with Gasteiger partial charge in [0.05, 0.1) is 18.4 Å². The molecule has 0 aliphatic heterocycles. The molecular formula is C22H15F8N3O. The van der Waals surface area contributed by atoms with Gasteiger partial charge in [-0.25, -0.2) is 13.8 Å². The summed E-state index contributed by atoms with van der Waals surface area (Å²) < 4.78 is 106. The number of halogens is 8. The molecule has 2 heterocycles. The van der Waals surface area contributed by atoms with Gasteiger partial charge in [0.15, 0.2) is 0 Å². The lowest BCUT2D eigenvalue weighted by atomic mass is 9.99. The van der Waals surface area contributed by atoms with Gasteiger partial charge in [-0.1, -0.05) is 24.3 Å². The van der Waals surface area contributed by atoms with Crippen molar-refractivity contribution < 1.29 is 39.9 Å². The minimum Gasteiger partial charge on any atom is -0.300 e. The molecule has 180 valence electrons. The van der Waals surface area contributed by atoms with Crippen LogP contribution in [0.5, 0.6) is 0 Å². The number of carbonyl (C=O) groups excluding carboxylic acids is 1. The molecule has 1 amide bonds. The number of anilines is 1. The van der Waals surface area contributed by atoms with Crippen LogP contribution in [0.4, 0.5) is 40.8 Å². The smallest absolute Gasteiger partial charge is 0.300 e. The Bertz CT molecular complexity index is 1160. The highest BCUT2D eigenvalue weighted by Crippen LogP contribution is 2.36. The molecule has 3 aromatic rings. The van der Waals surface area contributed by atoms with Crippen molar-refractivity contribution in [2.24, 2.45) is 0 Å². The van der Waals surface area contributed by atoms with Crippen molar-refractivity contribution in [3.8, 4) is 11.1 Å². The molecule has 0 unspecified atom stereocenters. The second-order valence-electron chi connectivity index (χ2n) is 7.14. The summed E-state index contributed by atoms with van der Waals surface area (Å²) in [7, 11) is 0. The van der Waals surface area contributed by atoms with Crippen LogP contribution >= 0.6 is 0 Å². The van der Waals surface area contributed by atoms with Gasteiger partial charge in [0.25, 0.3) is 12.3 Å². The highest BCUT2D eigenvalue weighted by Gasteiger charge is 2.40. The van der Waals surface area contributed by atoms with Crippen LogP contribution < -0.4 is 4.90 Å². The van der Waals surface area contributed by atoms with Crippen molar-refractivity contribution in [1.82, 2.24) is 9.97 Å². The minimum absolute atomic E-state index is 0.0971. The zero-order chi connectivity index (χ0) is 25.3. The van der Waals surface area contributed by atoms with Crippen molar-refractivity contribution in [2.45, 2.75) is 25.7 Å². The summed E-state index contributed by atoms with van der Waals surface area (Å²) in [5.41, 5.74) is -3.84. The summed E-state index contributed by atoms with van der Waals surface area (Å²) in [6, 6.07) is 8.26. The molecule has 0 N–H and O–H groups in total. The lowest BCUT2D eigenvalue weighted by Crippen LogP contribution is -2.36. The standard InChI is InChI=1S/C22H15F8N3O/c1-12-4-2-3-5-14(12)15-6-7-31-10-16(15)33(11-19(23)24)20(34)13-8-17(21(25,26)27)32-18(9-13)22(28,29)30/h2-10,19H,11H2,1H3. The van der Waals surface area contributed by atoms with Crippen LogP contribution in [0.1, 0.15) is 27.3 Å². The molecule has 0 bridgehead atoms. The summed E-state index contributed by atoms with van der Waals surface area (Å²) in [5.74, 6) is -1.50. The molecule has 1 aromatic carbocycles. The summed E-state index contributed by atoms with van der Waals surface area (Å²) in [5, 5.41) is 0. The number of rotatable bonds is 5. The van der Waals surface area contributed by atoms with E-state index in [1.54, 1.807) is 31.2 Å². The number of aromatic nitrogens is 2. The monoisotopic (exact) mass is 489 g/mol. The van der Waals surface area contributed by atoms with E-state index in [0.29, 0.717) is 16.0 Å². The predicted octanol–water partition coefficient (Wildman–Crippen LogP) is 6.40. The maximum absolute atomic E-state index is 13.4. The van der Waals surface area contributed by atoms with Crippen molar-refractivity contribution >= 4 is 11.6 Å². The largest absolute Gasteiger partial charge is 0.433 e. The molecule has 0 saturated carbocycles. The van der Waals surface area contributed by atoms with E-state index in [1.165, 1.54) is 12.3 Å². The van der Waals surface area contributed by atoms with E-state index in [4.69, 9.17) is 0 Å². The van der Waals surface area contributed by atoms with Crippen molar-refractivity contribution in [3.63, 3.8) is 0 Å². The van der Waals surface area contributed by atoms with Gasteiger partial charge in [-0.2, -0.15) is 26.3 Å². The van der Waals surface area contributed by atoms with Gasteiger partial charge < -0.3 is 4.90 Å². The summed E-state index contributed by atoms with van der Waals surface area (Å²) >= 11 is 0. The topological polar surface area (TPSA) is 46.1 Å². The molecule has 34 heavy (non-hydrogen) atoms. The maximum atomic E-state index is 13.4. The van der Waals surface area contributed by atoms with E-state index in [-0.39, 0.29) is 23.4 Å². The Morgan fingerprint density at radius 1 is 0.941 bits per heavy atom. The molecule has 0 atom stereocenters. The molecule has 0 saturated heterocycles. The average molecular weight is 489 g/mol. The highest BCUT2D eigenvalue weighted by molar-refractivity contribution is 6.08. The third kappa shape index (κ3) is 5.49. The Morgan fingerprint density at radius 2 is 1.53 bits per heavy atom. The Labute approximate surface area is 187 Å². The lowest BCUT2D eigenvalue weighted by molar-refractivity contribution is -0.150. The number of hydrogen-bond acceptors (Lipinski definition) is 3. The van der Waals surface area contributed by atoms with Crippen LogP contribution in [-0.2, 0) is 12.4 Å². The number of pyridine rings is 2. The number of alkyl halides is 8. The zero-order valence-electron chi connectivity index (χ0n) is 17.3. The van der Waals surface area contributed by atoms with Crippen LogP contribution in [0.3, 0.4) is 0 Å². The fourth-order valence-corrected chi connectivity index (χ4v) is 3.23. The Hall–Kier alpha value is -3.57. The van der Waals surface area contributed by atoms with Crippen LogP contribution in [-0.4, -0.2) is 28.8 Å². The summed E-state index contributed by atoms with van der Waals surface area (Å²) in [6.45, 7) is 0.404. The third-order valence-electron chi connectivity index (χ3n) is 4.74. The van der Waals surface area contributed by atoms with E-state index >= 15 is 0 Å². The van der Waals surface area contributed by atoms with Gasteiger partial charge in [0.2, 0.25) is 0 Å². The molecule has 0 fully saturated rings. The van der Waals surface area contributed by atoms with Crippen molar-refractivity contribution in [2.75, 3.05) is 11.4 Å². The van der Waals surface area contributed by atoms with Gasteiger partial charge in [0, 0.05) is 17.3 Å². The van der Waals surface area contributed by atoms with Gasteiger partial charge in [0.1, 0.15) is 11.4 Å². The van der Waals surface area contributed by atoms with E-state index in [2.05, 4.69) is 9.97 Å². The number of carbonyl (C=O) groups is 1. The fourth-order valence-electron chi connectivity index (χ4n) is 3.23. The normalized spacial score (nSPS) is 12.2. The number of aryl methyl sites for hydroxylation is 1. The first-order valence-corrected chi connectivity index (χ1v) is 9.55. The first-order chi connectivity index (χ1) is 15.8. The van der Waals surface area contributed by atoms with Crippen LogP contribution in [0, 0.1) is 6.92 Å². The Morgan fingerprint density at radius 3 is 2.06 bits per heavy atom. The number of amides is 1. The van der Waals surface area contributed by atoms with Crippen molar-refractivity contribution in [1.29, 1.82) is 0 Å². The van der Waals surface area contributed by atoms with Gasteiger partial charge in [-0.3, -0.25) is 9.78 Å². The second-order valence-corrected chi connectivity index (χ2v) is 7.14. The molecule has 4 nitrogen and oxygen atoms in total. The van der Waals surface area contributed by atoms with Gasteiger partial charge >= 0.3 is 12.4 Å². The molecule has 12 heteroatoms. The molecular weight excluding hydrogens is 474 g/mol. The SMILES string of the molecule is Cc1ccccc1-c1ccncc1N(CC(F)F)C(=O)c1cc(C(F)(F)F)nc(C(F)(F)F)c1. The predicted molar refractivity (Wildman–Crippen MR) is 106 cm³/mol. The Kier molecular flexibility index (Phi) is 6.89. The van der Waals surface area contributed by atoms with Crippen LogP contribution in [0.2, 0.25) is 0 Å². The Balaban J connectivity index is 2.20. The second kappa shape index (κ2) is 9.35. The van der Waals surface area contributed by atoms with Crippen LogP contribution in [0.25, 0.3) is 11.1 Å². The first kappa shape index (κ1) is 25.1. The van der Waals surface area contributed by atoms with Crippen molar-refractivity contribution in [3.05, 3.63) is 77.4 Å². The molecule has 0 spiro atoms. The summed E-state index contributed by atoms with van der Waals surface area (Å²) in [6.07, 6.45) is -11.4. The molecule has 2 aromatic heterocycles. The van der Waals surface area contributed by atoms with E-state index < -0.39 is 48.2 Å². The number of hydrogen-bond donors (Lipinski definition) is 0. The van der Waals surface area contributed by atoms with E-state index in [0.717, 1.165) is 6.20 Å². The van der Waals surface area contributed by atoms with E-state index in [1.807, 2.05) is 0 Å². The minimum atomic E-state index is -5.32. The fraction of sp³-hybridized carbons (Fsp3) is 0.227. The molecule has 3 rings (SSSR count). The number of nitrogens with zero attached hydrogens (tertiary/aromatic N) is 3.